The van der Waals surface area contributed by atoms with Crippen LogP contribution in [0.2, 0.25) is 0 Å². The Balaban J connectivity index is 2.45. The molecule has 0 unspecified atom stereocenters. The van der Waals surface area contributed by atoms with Crippen molar-refractivity contribution in [2.75, 3.05) is 38.1 Å². The number of aromatic nitrogens is 1. The van der Waals surface area contributed by atoms with Crippen LogP contribution in [-0.4, -0.2) is 43.1 Å². The van der Waals surface area contributed by atoms with Crippen LogP contribution < -0.4 is 4.90 Å². The third-order valence-corrected chi connectivity index (χ3v) is 3.40. The average molecular weight is 284 g/mol. The van der Waals surface area contributed by atoms with Gasteiger partial charge in [0.05, 0.1) is 5.56 Å². The molecule has 0 amide bonds. The Hall–Kier alpha value is -1.81. The molecule has 0 saturated carbocycles. The topological polar surface area (TPSA) is 43.2 Å². The van der Waals surface area contributed by atoms with Crippen molar-refractivity contribution in [3.8, 4) is 6.07 Å². The van der Waals surface area contributed by atoms with Crippen LogP contribution in [0.3, 0.4) is 0 Å². The molecule has 0 N–H and O–H groups in total. The summed E-state index contributed by atoms with van der Waals surface area (Å²) in [6, 6.07) is 2.89. The Bertz CT molecular complexity index is 540. The van der Waals surface area contributed by atoms with E-state index in [0.29, 0.717) is 18.7 Å². The Morgan fingerprint density at radius 2 is 1.85 bits per heavy atom. The van der Waals surface area contributed by atoms with Crippen LogP contribution in [0, 0.1) is 18.3 Å². The summed E-state index contributed by atoms with van der Waals surface area (Å²) < 4.78 is 38.5. The maximum Gasteiger partial charge on any atom is 0.433 e. The first-order valence-electron chi connectivity index (χ1n) is 6.25. The third kappa shape index (κ3) is 2.85. The Kier molecular flexibility index (Phi) is 3.86. The second kappa shape index (κ2) is 5.29. The van der Waals surface area contributed by atoms with Crippen LogP contribution in [0.25, 0.3) is 0 Å². The summed E-state index contributed by atoms with van der Waals surface area (Å²) in [5.74, 6) is 0.146. The number of piperazine rings is 1. The van der Waals surface area contributed by atoms with Gasteiger partial charge in [-0.1, -0.05) is 0 Å². The minimum atomic E-state index is -4.50. The first-order valence-corrected chi connectivity index (χ1v) is 6.25. The van der Waals surface area contributed by atoms with E-state index < -0.39 is 11.9 Å². The van der Waals surface area contributed by atoms with Gasteiger partial charge in [0.1, 0.15) is 17.6 Å². The van der Waals surface area contributed by atoms with Crippen molar-refractivity contribution in [2.24, 2.45) is 0 Å². The molecule has 7 heteroatoms. The fourth-order valence-corrected chi connectivity index (χ4v) is 2.19. The maximum absolute atomic E-state index is 12.8. The number of alkyl halides is 3. The molecular formula is C13H15F3N4. The molecule has 1 fully saturated rings. The molecule has 4 nitrogen and oxygen atoms in total. The lowest BCUT2D eigenvalue weighted by molar-refractivity contribution is -0.141. The number of anilines is 1. The fraction of sp³-hybridized carbons (Fsp3) is 0.538. The molecule has 1 aromatic rings. The van der Waals surface area contributed by atoms with Crippen molar-refractivity contribution in [3.05, 3.63) is 22.9 Å². The Morgan fingerprint density at radius 3 is 2.35 bits per heavy atom. The van der Waals surface area contributed by atoms with E-state index in [-0.39, 0.29) is 11.4 Å². The second-order valence-corrected chi connectivity index (χ2v) is 4.92. The summed E-state index contributed by atoms with van der Waals surface area (Å²) in [6.45, 7) is 4.12. The molecule has 108 valence electrons. The molecule has 0 atom stereocenters. The number of pyridine rings is 1. The standard InChI is InChI=1S/C13H15F3N4/c1-9-7-11(13(14,15)16)18-12(10(9)8-17)20-5-3-19(2)4-6-20/h7H,3-6H2,1-2H3. The number of halogens is 3. The van der Waals surface area contributed by atoms with Gasteiger partial charge < -0.3 is 9.80 Å². The number of nitriles is 1. The van der Waals surface area contributed by atoms with Gasteiger partial charge in [0, 0.05) is 26.2 Å². The van der Waals surface area contributed by atoms with Gasteiger partial charge in [-0.15, -0.1) is 0 Å². The van der Waals surface area contributed by atoms with Crippen molar-refractivity contribution in [1.29, 1.82) is 5.26 Å². The number of nitrogens with zero attached hydrogens (tertiary/aromatic N) is 4. The van der Waals surface area contributed by atoms with Crippen molar-refractivity contribution >= 4 is 5.82 Å². The number of likely N-dealkylation sites (N-methyl/N-ethyl adjacent to an activating group) is 1. The van der Waals surface area contributed by atoms with E-state index in [4.69, 9.17) is 5.26 Å². The third-order valence-electron chi connectivity index (χ3n) is 3.40. The summed E-state index contributed by atoms with van der Waals surface area (Å²) >= 11 is 0. The summed E-state index contributed by atoms with van der Waals surface area (Å²) in [7, 11) is 1.95. The number of rotatable bonds is 1. The molecule has 0 radical (unpaired) electrons. The van der Waals surface area contributed by atoms with Gasteiger partial charge in [0.15, 0.2) is 0 Å². The van der Waals surface area contributed by atoms with Gasteiger partial charge in [-0.2, -0.15) is 18.4 Å². The number of hydrogen-bond acceptors (Lipinski definition) is 4. The van der Waals surface area contributed by atoms with Gasteiger partial charge in [0.2, 0.25) is 0 Å². The molecule has 2 heterocycles. The zero-order valence-corrected chi connectivity index (χ0v) is 11.3. The average Bonchev–Trinajstić information content (AvgIpc) is 2.37. The second-order valence-electron chi connectivity index (χ2n) is 4.92. The monoisotopic (exact) mass is 284 g/mol. The van der Waals surface area contributed by atoms with Crippen LogP contribution in [0.15, 0.2) is 6.07 Å². The normalized spacial score (nSPS) is 17.1. The fourth-order valence-electron chi connectivity index (χ4n) is 2.19. The molecule has 1 aromatic heterocycles. The molecule has 1 saturated heterocycles. The number of aryl methyl sites for hydroxylation is 1. The maximum atomic E-state index is 12.8. The van der Waals surface area contributed by atoms with E-state index in [9.17, 15) is 13.2 Å². The Morgan fingerprint density at radius 1 is 1.25 bits per heavy atom. The smallest absolute Gasteiger partial charge is 0.353 e. The van der Waals surface area contributed by atoms with E-state index in [1.165, 1.54) is 6.92 Å². The highest BCUT2D eigenvalue weighted by atomic mass is 19.4. The Labute approximate surface area is 115 Å². The van der Waals surface area contributed by atoms with Crippen LogP contribution in [0.1, 0.15) is 16.8 Å². The predicted molar refractivity (Wildman–Crippen MR) is 68.4 cm³/mol. The zero-order valence-electron chi connectivity index (χ0n) is 11.3. The molecule has 0 aromatic carbocycles. The lowest BCUT2D eigenvalue weighted by Gasteiger charge is -2.34. The quantitative estimate of drug-likeness (QED) is 0.791. The highest BCUT2D eigenvalue weighted by molar-refractivity contribution is 5.58. The van der Waals surface area contributed by atoms with Crippen LogP contribution in [-0.2, 0) is 6.18 Å². The van der Waals surface area contributed by atoms with Gasteiger partial charge >= 0.3 is 6.18 Å². The van der Waals surface area contributed by atoms with Crippen LogP contribution >= 0.6 is 0 Å². The van der Waals surface area contributed by atoms with Gasteiger partial charge in [-0.05, 0) is 25.6 Å². The molecule has 0 spiro atoms. The minimum absolute atomic E-state index is 0.146. The van der Waals surface area contributed by atoms with E-state index >= 15 is 0 Å². The zero-order chi connectivity index (χ0) is 14.9. The molecule has 0 bridgehead atoms. The minimum Gasteiger partial charge on any atom is -0.353 e. The van der Waals surface area contributed by atoms with Crippen LogP contribution in [0.4, 0.5) is 19.0 Å². The van der Waals surface area contributed by atoms with Gasteiger partial charge in [-0.3, -0.25) is 0 Å². The molecular weight excluding hydrogens is 269 g/mol. The predicted octanol–water partition coefficient (Wildman–Crippen LogP) is 2.03. The molecule has 1 aliphatic heterocycles. The highest BCUT2D eigenvalue weighted by Crippen LogP contribution is 2.32. The van der Waals surface area contributed by atoms with Crippen molar-refractivity contribution in [3.63, 3.8) is 0 Å². The largest absolute Gasteiger partial charge is 0.433 e. The van der Waals surface area contributed by atoms with Crippen LogP contribution in [0.5, 0.6) is 0 Å². The van der Waals surface area contributed by atoms with E-state index in [1.54, 1.807) is 4.90 Å². The molecule has 1 aliphatic rings. The molecule has 0 aliphatic carbocycles. The lowest BCUT2D eigenvalue weighted by atomic mass is 10.1. The van der Waals surface area contributed by atoms with Crippen molar-refractivity contribution in [2.45, 2.75) is 13.1 Å². The SMILES string of the molecule is Cc1cc(C(F)(F)F)nc(N2CCN(C)CC2)c1C#N. The first-order chi connectivity index (χ1) is 9.32. The summed E-state index contributed by atoms with van der Waals surface area (Å²) in [5.41, 5.74) is -0.408. The molecule has 20 heavy (non-hydrogen) atoms. The van der Waals surface area contributed by atoms with E-state index in [0.717, 1.165) is 19.2 Å². The van der Waals surface area contributed by atoms with E-state index in [2.05, 4.69) is 9.88 Å². The van der Waals surface area contributed by atoms with Gasteiger partial charge in [-0.25, -0.2) is 4.98 Å². The van der Waals surface area contributed by atoms with E-state index in [1.807, 2.05) is 13.1 Å². The lowest BCUT2D eigenvalue weighted by Crippen LogP contribution is -2.45. The number of hydrogen-bond donors (Lipinski definition) is 0. The summed E-state index contributed by atoms with van der Waals surface area (Å²) in [6.07, 6.45) is -4.50. The summed E-state index contributed by atoms with van der Waals surface area (Å²) in [4.78, 5) is 7.52. The van der Waals surface area contributed by atoms with Gasteiger partial charge in [0.25, 0.3) is 0 Å². The first kappa shape index (κ1) is 14.6. The van der Waals surface area contributed by atoms with Crippen molar-refractivity contribution in [1.82, 2.24) is 9.88 Å². The highest BCUT2D eigenvalue weighted by Gasteiger charge is 2.34. The van der Waals surface area contributed by atoms with Crippen molar-refractivity contribution < 1.29 is 13.2 Å². The molecule has 2 rings (SSSR count). The summed E-state index contributed by atoms with van der Waals surface area (Å²) in [5, 5.41) is 9.17.